The molecule has 1 saturated heterocycles. The number of nitriles is 1. The third kappa shape index (κ3) is 4.27. The Kier molecular flexibility index (Phi) is 5.97. The van der Waals surface area contributed by atoms with Crippen molar-refractivity contribution in [2.75, 3.05) is 13.1 Å². The highest BCUT2D eigenvalue weighted by Gasteiger charge is 2.26. The van der Waals surface area contributed by atoms with Gasteiger partial charge in [0.2, 0.25) is 0 Å². The van der Waals surface area contributed by atoms with Gasteiger partial charge in [-0.25, -0.2) is 0 Å². The molecule has 1 aromatic heterocycles. The van der Waals surface area contributed by atoms with E-state index in [1.54, 1.807) is 25.7 Å². The molecule has 7 heteroatoms. The summed E-state index contributed by atoms with van der Waals surface area (Å²) in [5, 5.41) is 9.07. The van der Waals surface area contributed by atoms with Gasteiger partial charge in [0.1, 0.15) is 11.6 Å². The van der Waals surface area contributed by atoms with Gasteiger partial charge in [-0.1, -0.05) is 0 Å². The van der Waals surface area contributed by atoms with E-state index >= 15 is 0 Å². The zero-order valence-electron chi connectivity index (χ0n) is 14.8. The topological polar surface area (TPSA) is 103 Å². The minimum Gasteiger partial charge on any atom is -0.453 e. The molecule has 0 unspecified atom stereocenters. The number of amides is 1. The molecular formula is C18H23N3O4. The second-order valence-corrected chi connectivity index (χ2v) is 6.33. The predicted molar refractivity (Wildman–Crippen MR) is 90.9 cm³/mol. The first-order chi connectivity index (χ1) is 11.8. The third-order valence-electron chi connectivity index (χ3n) is 4.57. The molecule has 0 radical (unpaired) electrons. The van der Waals surface area contributed by atoms with Crippen LogP contribution in [-0.4, -0.2) is 41.0 Å². The number of pyridine rings is 1. The molecule has 134 valence electrons. The van der Waals surface area contributed by atoms with Crippen molar-refractivity contribution < 1.29 is 14.3 Å². The molecule has 1 atom stereocenters. The highest BCUT2D eigenvalue weighted by molar-refractivity contribution is 5.83. The molecule has 1 amide bonds. The summed E-state index contributed by atoms with van der Waals surface area (Å²) in [7, 11) is 0. The molecule has 0 aliphatic carbocycles. The second-order valence-electron chi connectivity index (χ2n) is 6.33. The van der Waals surface area contributed by atoms with Crippen LogP contribution in [0.2, 0.25) is 0 Å². The number of hydrogen-bond donors (Lipinski definition) is 1. The van der Waals surface area contributed by atoms with Gasteiger partial charge in [-0.15, -0.1) is 0 Å². The van der Waals surface area contributed by atoms with Gasteiger partial charge in [-0.05, 0) is 51.2 Å². The van der Waals surface area contributed by atoms with Crippen LogP contribution >= 0.6 is 0 Å². The molecule has 1 fully saturated rings. The number of nitrogens with zero attached hydrogens (tertiary/aromatic N) is 2. The fraction of sp³-hybridized carbons (Fsp3) is 0.556. The Labute approximate surface area is 146 Å². The Bertz CT molecular complexity index is 770. The molecule has 1 aromatic rings. The van der Waals surface area contributed by atoms with Gasteiger partial charge in [0.05, 0.1) is 0 Å². The predicted octanol–water partition coefficient (Wildman–Crippen LogP) is 1.35. The molecule has 0 aromatic carbocycles. The van der Waals surface area contributed by atoms with Crippen molar-refractivity contribution in [2.45, 2.75) is 52.6 Å². The smallest absolute Gasteiger partial charge is 0.306 e. The molecule has 0 saturated carbocycles. The van der Waals surface area contributed by atoms with Gasteiger partial charge in [-0.3, -0.25) is 14.4 Å². The molecule has 0 bridgehead atoms. The van der Waals surface area contributed by atoms with Gasteiger partial charge in [0, 0.05) is 25.2 Å². The van der Waals surface area contributed by atoms with E-state index < -0.39 is 17.6 Å². The number of aryl methyl sites for hydroxylation is 1. The molecule has 7 nitrogen and oxygen atoms in total. The van der Waals surface area contributed by atoms with Crippen molar-refractivity contribution in [3.05, 3.63) is 32.7 Å². The fourth-order valence-corrected chi connectivity index (χ4v) is 3.15. The standard InChI is InChI=1S/C18H23N3O4/c1-11-14(12(2)20-17(23)15(11)10-19)6-7-16(22)25-13(3)18(24)21-8-4-5-9-21/h13H,4-9H2,1-3H3,(H,20,23)/t13-/m1/s1. The van der Waals surface area contributed by atoms with Gasteiger partial charge in [0.25, 0.3) is 11.5 Å². The molecular weight excluding hydrogens is 322 g/mol. The average molecular weight is 345 g/mol. The lowest BCUT2D eigenvalue weighted by Crippen LogP contribution is -2.38. The van der Waals surface area contributed by atoms with E-state index in [2.05, 4.69) is 4.98 Å². The summed E-state index contributed by atoms with van der Waals surface area (Å²) >= 11 is 0. The van der Waals surface area contributed by atoms with Crippen molar-refractivity contribution in [1.29, 1.82) is 5.26 Å². The number of aromatic nitrogens is 1. The molecule has 0 spiro atoms. The zero-order chi connectivity index (χ0) is 18.6. The number of hydrogen-bond acceptors (Lipinski definition) is 5. The van der Waals surface area contributed by atoms with Crippen molar-refractivity contribution in [3.63, 3.8) is 0 Å². The minimum absolute atomic E-state index is 0.0616. The molecule has 25 heavy (non-hydrogen) atoms. The monoisotopic (exact) mass is 345 g/mol. The third-order valence-corrected chi connectivity index (χ3v) is 4.57. The van der Waals surface area contributed by atoms with Crippen molar-refractivity contribution >= 4 is 11.9 Å². The zero-order valence-corrected chi connectivity index (χ0v) is 14.8. The Morgan fingerprint density at radius 2 is 1.96 bits per heavy atom. The Morgan fingerprint density at radius 1 is 1.32 bits per heavy atom. The van der Waals surface area contributed by atoms with E-state index in [1.165, 1.54) is 0 Å². The van der Waals surface area contributed by atoms with Crippen LogP contribution in [0.1, 0.15) is 48.6 Å². The molecule has 2 heterocycles. The summed E-state index contributed by atoms with van der Waals surface area (Å²) in [4.78, 5) is 40.3. The van der Waals surface area contributed by atoms with E-state index in [1.807, 2.05) is 6.07 Å². The van der Waals surface area contributed by atoms with Crippen LogP contribution in [0.25, 0.3) is 0 Å². The Hall–Kier alpha value is -2.62. The molecule has 1 aliphatic rings. The highest BCUT2D eigenvalue weighted by atomic mass is 16.5. The van der Waals surface area contributed by atoms with Crippen LogP contribution in [0.5, 0.6) is 0 Å². The maximum Gasteiger partial charge on any atom is 0.306 e. The van der Waals surface area contributed by atoms with E-state index in [-0.39, 0.29) is 17.9 Å². The van der Waals surface area contributed by atoms with Crippen LogP contribution in [0.3, 0.4) is 0 Å². The number of esters is 1. The van der Waals surface area contributed by atoms with Crippen LogP contribution in [0, 0.1) is 25.2 Å². The van der Waals surface area contributed by atoms with Gasteiger partial charge in [-0.2, -0.15) is 5.26 Å². The lowest BCUT2D eigenvalue weighted by atomic mass is 9.99. The number of carbonyl (C=O) groups excluding carboxylic acids is 2. The summed E-state index contributed by atoms with van der Waals surface area (Å²) in [5.74, 6) is -0.627. The van der Waals surface area contributed by atoms with E-state index in [4.69, 9.17) is 10.00 Å². The Balaban J connectivity index is 1.97. The number of ether oxygens (including phenoxy) is 1. The summed E-state index contributed by atoms with van der Waals surface area (Å²) in [6, 6.07) is 1.89. The van der Waals surface area contributed by atoms with Gasteiger partial charge < -0.3 is 14.6 Å². The first kappa shape index (κ1) is 18.7. The average Bonchev–Trinajstić information content (AvgIpc) is 3.08. The van der Waals surface area contributed by atoms with Crippen LogP contribution in [0.4, 0.5) is 0 Å². The summed E-state index contributed by atoms with van der Waals surface area (Å²) in [6.45, 7) is 6.44. The minimum atomic E-state index is -0.793. The summed E-state index contributed by atoms with van der Waals surface area (Å²) < 4.78 is 5.24. The van der Waals surface area contributed by atoms with Crippen LogP contribution < -0.4 is 5.56 Å². The Morgan fingerprint density at radius 3 is 2.56 bits per heavy atom. The van der Waals surface area contributed by atoms with Crippen molar-refractivity contribution in [2.24, 2.45) is 0 Å². The van der Waals surface area contributed by atoms with E-state index in [0.717, 1.165) is 18.4 Å². The quantitative estimate of drug-likeness (QED) is 0.811. The lowest BCUT2D eigenvalue weighted by Gasteiger charge is -2.20. The molecule has 2 rings (SSSR count). The number of nitrogens with one attached hydrogen (secondary N) is 1. The number of likely N-dealkylation sites (tertiary alicyclic amines) is 1. The first-order valence-electron chi connectivity index (χ1n) is 8.46. The normalized spacial score (nSPS) is 14.9. The van der Waals surface area contributed by atoms with Crippen molar-refractivity contribution in [3.8, 4) is 6.07 Å². The van der Waals surface area contributed by atoms with E-state index in [9.17, 15) is 14.4 Å². The summed E-state index contributed by atoms with van der Waals surface area (Å²) in [5.41, 5.74) is 1.61. The second kappa shape index (κ2) is 7.97. The fourth-order valence-electron chi connectivity index (χ4n) is 3.15. The van der Waals surface area contributed by atoms with Crippen molar-refractivity contribution in [1.82, 2.24) is 9.88 Å². The van der Waals surface area contributed by atoms with Gasteiger partial charge in [0.15, 0.2) is 6.10 Å². The SMILES string of the molecule is Cc1[nH]c(=O)c(C#N)c(C)c1CCC(=O)O[C@H](C)C(=O)N1CCCC1. The number of H-pyrrole nitrogens is 1. The lowest BCUT2D eigenvalue weighted by molar-refractivity contribution is -0.158. The van der Waals surface area contributed by atoms with E-state index in [0.29, 0.717) is 30.8 Å². The van der Waals surface area contributed by atoms with Crippen LogP contribution in [0.15, 0.2) is 4.79 Å². The molecule has 1 N–H and O–H groups in total. The number of aromatic amines is 1. The maximum absolute atomic E-state index is 12.2. The largest absolute Gasteiger partial charge is 0.453 e. The number of rotatable bonds is 5. The molecule has 1 aliphatic heterocycles. The van der Waals surface area contributed by atoms with Crippen LogP contribution in [-0.2, 0) is 20.7 Å². The summed E-state index contributed by atoms with van der Waals surface area (Å²) in [6.07, 6.45) is 1.60. The first-order valence-corrected chi connectivity index (χ1v) is 8.46. The maximum atomic E-state index is 12.2. The van der Waals surface area contributed by atoms with Gasteiger partial charge >= 0.3 is 5.97 Å². The number of carbonyl (C=O) groups is 2. The highest BCUT2D eigenvalue weighted by Crippen LogP contribution is 2.16.